The normalized spacial score (nSPS) is 11.2. The summed E-state index contributed by atoms with van der Waals surface area (Å²) in [5, 5.41) is 2.23. The number of carbonyl (C=O) groups excluding carboxylic acids is 2. The highest BCUT2D eigenvalue weighted by Gasteiger charge is 2.30. The van der Waals surface area contributed by atoms with Crippen molar-refractivity contribution in [1.82, 2.24) is 14.7 Å². The van der Waals surface area contributed by atoms with Crippen molar-refractivity contribution in [2.45, 2.75) is 32.6 Å². The molecule has 0 aliphatic rings. The lowest BCUT2D eigenvalue weighted by Crippen LogP contribution is -2.37. The van der Waals surface area contributed by atoms with Crippen LogP contribution in [0.15, 0.2) is 29.2 Å². The average molecular weight is 524 g/mol. The number of sulfonamides is 1. The van der Waals surface area contributed by atoms with Crippen LogP contribution in [0.25, 0.3) is 0 Å². The zero-order valence-electron chi connectivity index (χ0n) is 21.5. The Balaban J connectivity index is 2.47. The predicted octanol–water partition coefficient (Wildman–Crippen LogP) is 2.91. The molecule has 2 aromatic rings. The van der Waals surface area contributed by atoms with Crippen molar-refractivity contribution in [3.05, 3.63) is 29.8 Å². The first-order valence-electron chi connectivity index (χ1n) is 11.2. The SMILES string of the molecule is COC(=O)c1c(N(CC(C)C)CC(C)C)cccc1S(=O)(=O)NC(=O)Nc1nc(OC)cc(OC)n1. The van der Waals surface area contributed by atoms with Crippen LogP contribution in [-0.4, -0.2) is 64.8 Å². The summed E-state index contributed by atoms with van der Waals surface area (Å²) in [5.74, 6) is -0.436. The molecule has 1 aromatic carbocycles. The smallest absolute Gasteiger partial charge is 0.341 e. The molecule has 198 valence electrons. The van der Waals surface area contributed by atoms with Crippen molar-refractivity contribution in [3.63, 3.8) is 0 Å². The number of hydrogen-bond acceptors (Lipinski definition) is 10. The molecule has 0 fully saturated rings. The van der Waals surface area contributed by atoms with Gasteiger partial charge in [0.1, 0.15) is 10.5 Å². The van der Waals surface area contributed by atoms with Crippen LogP contribution < -0.4 is 24.4 Å². The van der Waals surface area contributed by atoms with Crippen molar-refractivity contribution in [2.24, 2.45) is 11.8 Å². The van der Waals surface area contributed by atoms with Gasteiger partial charge in [-0.2, -0.15) is 9.97 Å². The van der Waals surface area contributed by atoms with E-state index in [9.17, 15) is 18.0 Å². The fourth-order valence-corrected chi connectivity index (χ4v) is 4.56. The number of aromatic nitrogens is 2. The van der Waals surface area contributed by atoms with E-state index in [-0.39, 0.29) is 35.1 Å². The third-order valence-electron chi connectivity index (χ3n) is 4.74. The van der Waals surface area contributed by atoms with Crippen LogP contribution in [0, 0.1) is 11.8 Å². The molecule has 1 aromatic heterocycles. The van der Waals surface area contributed by atoms with Gasteiger partial charge in [0.25, 0.3) is 10.0 Å². The van der Waals surface area contributed by atoms with E-state index >= 15 is 0 Å². The predicted molar refractivity (Wildman–Crippen MR) is 134 cm³/mol. The number of esters is 1. The molecule has 0 bridgehead atoms. The van der Waals surface area contributed by atoms with Crippen LogP contribution in [0.1, 0.15) is 38.1 Å². The number of nitrogens with zero attached hydrogens (tertiary/aromatic N) is 3. The van der Waals surface area contributed by atoms with Gasteiger partial charge < -0.3 is 19.1 Å². The lowest BCUT2D eigenvalue weighted by molar-refractivity contribution is 0.0596. The molecule has 0 saturated heterocycles. The van der Waals surface area contributed by atoms with E-state index in [0.717, 1.165) is 0 Å². The van der Waals surface area contributed by atoms with Gasteiger partial charge in [0.2, 0.25) is 17.7 Å². The third kappa shape index (κ3) is 7.44. The number of nitrogens with one attached hydrogen (secondary N) is 2. The summed E-state index contributed by atoms with van der Waals surface area (Å²) in [6.07, 6.45) is 0. The number of rotatable bonds is 11. The van der Waals surface area contributed by atoms with Gasteiger partial charge >= 0.3 is 12.0 Å². The summed E-state index contributed by atoms with van der Waals surface area (Å²) in [6.45, 7) is 9.24. The van der Waals surface area contributed by atoms with Crippen molar-refractivity contribution >= 4 is 33.7 Å². The zero-order valence-corrected chi connectivity index (χ0v) is 22.3. The Morgan fingerprint density at radius 2 is 1.53 bits per heavy atom. The molecule has 13 heteroatoms. The number of methoxy groups -OCH3 is 3. The van der Waals surface area contributed by atoms with Crippen LogP contribution in [0.5, 0.6) is 11.8 Å². The highest BCUT2D eigenvalue weighted by molar-refractivity contribution is 7.90. The number of benzene rings is 1. The van der Waals surface area contributed by atoms with Gasteiger partial charge in [-0.05, 0) is 24.0 Å². The van der Waals surface area contributed by atoms with Gasteiger partial charge in [-0.15, -0.1) is 0 Å². The molecule has 0 aliphatic heterocycles. The maximum absolute atomic E-state index is 13.3. The van der Waals surface area contributed by atoms with E-state index in [1.807, 2.05) is 37.3 Å². The minimum Gasteiger partial charge on any atom is -0.481 e. The van der Waals surface area contributed by atoms with Crippen LogP contribution in [0.4, 0.5) is 16.4 Å². The molecule has 2 N–H and O–H groups in total. The minimum atomic E-state index is -4.52. The molecule has 0 saturated carbocycles. The summed E-state index contributed by atoms with van der Waals surface area (Å²) in [6, 6.07) is 4.64. The van der Waals surface area contributed by atoms with Crippen LogP contribution in [0.2, 0.25) is 0 Å². The second-order valence-corrected chi connectivity index (χ2v) is 10.3. The number of urea groups is 1. The fourth-order valence-electron chi connectivity index (χ4n) is 3.44. The quantitative estimate of drug-likeness (QED) is 0.421. The lowest BCUT2D eigenvalue weighted by Gasteiger charge is -2.30. The number of ether oxygens (including phenoxy) is 3. The van der Waals surface area contributed by atoms with Gasteiger partial charge in [-0.1, -0.05) is 33.8 Å². The van der Waals surface area contributed by atoms with E-state index in [4.69, 9.17) is 14.2 Å². The second-order valence-electron chi connectivity index (χ2n) is 8.67. The van der Waals surface area contributed by atoms with Gasteiger partial charge in [0.05, 0.1) is 33.1 Å². The van der Waals surface area contributed by atoms with Crippen molar-refractivity contribution in [1.29, 1.82) is 0 Å². The first-order valence-corrected chi connectivity index (χ1v) is 12.7. The topological polar surface area (TPSA) is 149 Å². The summed E-state index contributed by atoms with van der Waals surface area (Å²) < 4.78 is 43.4. The van der Waals surface area contributed by atoms with Gasteiger partial charge in [-0.3, -0.25) is 5.32 Å². The monoisotopic (exact) mass is 523 g/mol. The third-order valence-corrected chi connectivity index (χ3v) is 6.12. The lowest BCUT2D eigenvalue weighted by atomic mass is 10.1. The largest absolute Gasteiger partial charge is 0.481 e. The highest BCUT2D eigenvalue weighted by atomic mass is 32.2. The van der Waals surface area contributed by atoms with E-state index in [1.54, 1.807) is 6.07 Å². The Labute approximate surface area is 211 Å². The number of hydrogen-bond donors (Lipinski definition) is 2. The van der Waals surface area contributed by atoms with E-state index in [2.05, 4.69) is 15.3 Å². The summed E-state index contributed by atoms with van der Waals surface area (Å²) >= 11 is 0. The molecule has 1 heterocycles. The fraction of sp³-hybridized carbons (Fsp3) is 0.478. The minimum absolute atomic E-state index is 0.0936. The second kappa shape index (κ2) is 12.4. The first kappa shape index (κ1) is 28.6. The number of anilines is 2. The molecular weight excluding hydrogens is 490 g/mol. The molecule has 0 spiro atoms. The summed E-state index contributed by atoms with van der Waals surface area (Å²) in [7, 11) is -0.631. The van der Waals surface area contributed by atoms with Crippen LogP contribution >= 0.6 is 0 Å². The van der Waals surface area contributed by atoms with Gasteiger partial charge in [0, 0.05) is 13.1 Å². The maximum Gasteiger partial charge on any atom is 0.341 e. The summed E-state index contributed by atoms with van der Waals surface area (Å²) in [5.41, 5.74) is 0.231. The Kier molecular flexibility index (Phi) is 9.84. The molecular formula is C23H33N5O7S. The Morgan fingerprint density at radius 3 is 2.00 bits per heavy atom. The Bertz CT molecular complexity index is 1150. The van der Waals surface area contributed by atoms with Crippen molar-refractivity contribution in [2.75, 3.05) is 44.6 Å². The molecule has 0 aliphatic carbocycles. The molecule has 2 rings (SSSR count). The van der Waals surface area contributed by atoms with Crippen molar-refractivity contribution in [3.8, 4) is 11.8 Å². The standard InChI is InChI=1S/C23H33N5O7S/c1-14(2)12-28(13-15(3)4)16-9-8-10-17(20(16)21(29)35-7)36(31,32)27-23(30)26-22-24-18(33-5)11-19(25-22)34-6/h8-11,14-15H,12-13H2,1-7H3,(H2,24,25,26,27,30). The van der Waals surface area contributed by atoms with E-state index in [1.165, 1.54) is 39.5 Å². The molecule has 0 unspecified atom stereocenters. The molecule has 36 heavy (non-hydrogen) atoms. The molecule has 0 atom stereocenters. The van der Waals surface area contributed by atoms with Gasteiger partial charge in [-0.25, -0.2) is 22.7 Å². The van der Waals surface area contributed by atoms with E-state index in [0.29, 0.717) is 18.8 Å². The Morgan fingerprint density at radius 1 is 0.972 bits per heavy atom. The average Bonchev–Trinajstić information content (AvgIpc) is 2.81. The van der Waals surface area contributed by atoms with E-state index < -0.39 is 26.9 Å². The van der Waals surface area contributed by atoms with Crippen LogP contribution in [0.3, 0.4) is 0 Å². The van der Waals surface area contributed by atoms with Gasteiger partial charge in [0.15, 0.2) is 0 Å². The van der Waals surface area contributed by atoms with Crippen molar-refractivity contribution < 1.29 is 32.2 Å². The molecule has 0 radical (unpaired) electrons. The van der Waals surface area contributed by atoms with Crippen LogP contribution in [-0.2, 0) is 14.8 Å². The highest BCUT2D eigenvalue weighted by Crippen LogP contribution is 2.29. The Hall–Kier alpha value is -3.61. The zero-order chi connectivity index (χ0) is 27.0. The molecule has 2 amide bonds. The molecule has 12 nitrogen and oxygen atoms in total. The maximum atomic E-state index is 13.3. The first-order chi connectivity index (χ1) is 16.9. The number of carbonyl (C=O) groups is 2. The number of amides is 2. The summed E-state index contributed by atoms with van der Waals surface area (Å²) in [4.78, 5) is 34.8.